The van der Waals surface area contributed by atoms with Crippen molar-refractivity contribution in [2.75, 3.05) is 6.79 Å². The minimum Gasteiger partial charge on any atom is -0.454 e. The van der Waals surface area contributed by atoms with E-state index in [1.807, 2.05) is 6.92 Å². The predicted octanol–water partition coefficient (Wildman–Crippen LogP) is 2.26. The minimum atomic E-state index is -3.55. The van der Waals surface area contributed by atoms with Gasteiger partial charge in [0.15, 0.2) is 11.5 Å². The molecule has 0 bridgehead atoms. The van der Waals surface area contributed by atoms with E-state index in [1.54, 1.807) is 22.9 Å². The Balaban J connectivity index is 1.95. The number of sulfone groups is 1. The normalized spacial score (nSPS) is 13.6. The summed E-state index contributed by atoms with van der Waals surface area (Å²) in [6.07, 6.45) is 3.11. The Hall–Kier alpha value is -1.73. The van der Waals surface area contributed by atoms with Gasteiger partial charge in [-0.25, -0.2) is 13.4 Å². The quantitative estimate of drug-likeness (QED) is 0.861. The highest BCUT2D eigenvalue weighted by atomic mass is 35.5. The molecule has 1 aromatic heterocycles. The van der Waals surface area contributed by atoms with Crippen molar-refractivity contribution >= 4 is 21.4 Å². The molecule has 0 unspecified atom stereocenters. The standard InChI is InChI=1S/C13H13ClN2O4S/c1-2-16-4-3-15-13(16)21(17,18)7-9-5-10(14)12-11(6-9)19-8-20-12/h3-6H,2,7-8H2,1H3. The van der Waals surface area contributed by atoms with Crippen LogP contribution >= 0.6 is 11.6 Å². The Morgan fingerprint density at radius 3 is 2.95 bits per heavy atom. The van der Waals surface area contributed by atoms with Crippen molar-refractivity contribution in [2.45, 2.75) is 24.4 Å². The maximum absolute atomic E-state index is 12.5. The van der Waals surface area contributed by atoms with Gasteiger partial charge in [-0.15, -0.1) is 0 Å². The molecule has 21 heavy (non-hydrogen) atoms. The number of ether oxygens (including phenoxy) is 2. The molecule has 2 heterocycles. The van der Waals surface area contributed by atoms with Crippen LogP contribution in [0, 0.1) is 0 Å². The predicted molar refractivity (Wildman–Crippen MR) is 76.4 cm³/mol. The third-order valence-corrected chi connectivity index (χ3v) is 5.03. The Morgan fingerprint density at radius 2 is 2.19 bits per heavy atom. The van der Waals surface area contributed by atoms with Crippen LogP contribution in [0.5, 0.6) is 11.5 Å². The lowest BCUT2D eigenvalue weighted by atomic mass is 10.2. The molecule has 0 atom stereocenters. The lowest BCUT2D eigenvalue weighted by Gasteiger charge is -2.08. The van der Waals surface area contributed by atoms with Gasteiger partial charge in [0.2, 0.25) is 21.8 Å². The van der Waals surface area contributed by atoms with Gasteiger partial charge in [-0.1, -0.05) is 11.6 Å². The van der Waals surface area contributed by atoms with Crippen LogP contribution < -0.4 is 9.47 Å². The summed E-state index contributed by atoms with van der Waals surface area (Å²) in [7, 11) is -3.55. The topological polar surface area (TPSA) is 70.4 Å². The molecular weight excluding hydrogens is 316 g/mol. The SMILES string of the molecule is CCn1ccnc1S(=O)(=O)Cc1cc(Cl)c2c(c1)OCO2. The fraction of sp³-hybridized carbons (Fsp3) is 0.308. The zero-order valence-electron chi connectivity index (χ0n) is 11.2. The molecule has 2 aromatic rings. The van der Waals surface area contributed by atoms with Gasteiger partial charge in [0.1, 0.15) is 0 Å². The monoisotopic (exact) mass is 328 g/mol. The second-order valence-corrected chi connectivity index (χ2v) is 6.86. The summed E-state index contributed by atoms with van der Waals surface area (Å²) in [6.45, 7) is 2.49. The number of rotatable bonds is 4. The molecule has 0 N–H and O–H groups in total. The van der Waals surface area contributed by atoms with Gasteiger partial charge in [0, 0.05) is 18.9 Å². The molecule has 1 aromatic carbocycles. The van der Waals surface area contributed by atoms with Crippen molar-refractivity contribution in [3.05, 3.63) is 35.1 Å². The van der Waals surface area contributed by atoms with E-state index in [4.69, 9.17) is 21.1 Å². The third kappa shape index (κ3) is 2.58. The van der Waals surface area contributed by atoms with Crippen LogP contribution in [0.4, 0.5) is 0 Å². The lowest BCUT2D eigenvalue weighted by Crippen LogP contribution is -2.12. The van der Waals surface area contributed by atoms with Gasteiger partial charge < -0.3 is 14.0 Å². The molecule has 0 spiro atoms. The summed E-state index contributed by atoms with van der Waals surface area (Å²) < 4.78 is 36.9. The average Bonchev–Trinajstić information content (AvgIpc) is 3.06. The maximum Gasteiger partial charge on any atom is 0.231 e. The first-order chi connectivity index (χ1) is 10.0. The number of hydrogen-bond donors (Lipinski definition) is 0. The highest BCUT2D eigenvalue weighted by molar-refractivity contribution is 7.90. The number of fused-ring (bicyclic) bond motifs is 1. The summed E-state index contributed by atoms with van der Waals surface area (Å²) in [6, 6.07) is 3.21. The Labute approximate surface area is 127 Å². The first-order valence-corrected chi connectivity index (χ1v) is 8.36. The molecule has 0 amide bonds. The van der Waals surface area contributed by atoms with E-state index < -0.39 is 9.84 Å². The van der Waals surface area contributed by atoms with Crippen LogP contribution in [0.2, 0.25) is 5.02 Å². The van der Waals surface area contributed by atoms with E-state index >= 15 is 0 Å². The van der Waals surface area contributed by atoms with Crippen molar-refractivity contribution < 1.29 is 17.9 Å². The zero-order valence-corrected chi connectivity index (χ0v) is 12.8. The van der Waals surface area contributed by atoms with Crippen LogP contribution in [0.1, 0.15) is 12.5 Å². The first-order valence-electron chi connectivity index (χ1n) is 6.33. The van der Waals surface area contributed by atoms with E-state index in [0.29, 0.717) is 28.6 Å². The zero-order chi connectivity index (χ0) is 15.0. The van der Waals surface area contributed by atoms with Gasteiger partial charge in [-0.3, -0.25) is 0 Å². The van der Waals surface area contributed by atoms with E-state index in [0.717, 1.165) is 0 Å². The molecular formula is C13H13ClN2O4S. The van der Waals surface area contributed by atoms with Crippen LogP contribution in [0.25, 0.3) is 0 Å². The summed E-state index contributed by atoms with van der Waals surface area (Å²) in [5.41, 5.74) is 0.537. The molecule has 1 aliphatic rings. The smallest absolute Gasteiger partial charge is 0.231 e. The fourth-order valence-electron chi connectivity index (χ4n) is 2.20. The summed E-state index contributed by atoms with van der Waals surface area (Å²) in [5.74, 6) is 0.722. The largest absolute Gasteiger partial charge is 0.454 e. The molecule has 6 nitrogen and oxygen atoms in total. The second kappa shape index (κ2) is 5.23. The molecule has 0 aliphatic carbocycles. The van der Waals surface area contributed by atoms with Crippen molar-refractivity contribution in [3.8, 4) is 11.5 Å². The molecule has 0 saturated carbocycles. The number of hydrogen-bond acceptors (Lipinski definition) is 5. The van der Waals surface area contributed by atoms with E-state index in [1.165, 1.54) is 6.20 Å². The number of imidazole rings is 1. The second-order valence-electron chi connectivity index (χ2n) is 4.57. The summed E-state index contributed by atoms with van der Waals surface area (Å²) in [4.78, 5) is 3.94. The van der Waals surface area contributed by atoms with Crippen LogP contribution in [0.3, 0.4) is 0 Å². The van der Waals surface area contributed by atoms with Crippen LogP contribution in [-0.4, -0.2) is 24.8 Å². The van der Waals surface area contributed by atoms with Crippen molar-refractivity contribution in [3.63, 3.8) is 0 Å². The Bertz CT molecular complexity index is 785. The maximum atomic E-state index is 12.5. The van der Waals surface area contributed by atoms with Crippen molar-refractivity contribution in [2.24, 2.45) is 0 Å². The molecule has 1 aliphatic heterocycles. The van der Waals surface area contributed by atoms with Gasteiger partial charge in [0.25, 0.3) is 0 Å². The van der Waals surface area contributed by atoms with Gasteiger partial charge in [-0.05, 0) is 24.6 Å². The fourth-order valence-corrected chi connectivity index (χ4v) is 3.99. The third-order valence-electron chi connectivity index (χ3n) is 3.14. The molecule has 0 saturated heterocycles. The number of aromatic nitrogens is 2. The van der Waals surface area contributed by atoms with Crippen LogP contribution in [-0.2, 0) is 22.1 Å². The van der Waals surface area contributed by atoms with Crippen molar-refractivity contribution in [1.82, 2.24) is 9.55 Å². The van der Waals surface area contributed by atoms with Crippen LogP contribution in [0.15, 0.2) is 29.7 Å². The van der Waals surface area contributed by atoms with E-state index in [-0.39, 0.29) is 17.7 Å². The molecule has 8 heteroatoms. The van der Waals surface area contributed by atoms with Gasteiger partial charge in [0.05, 0.1) is 10.8 Å². The molecule has 0 fully saturated rings. The average molecular weight is 329 g/mol. The molecule has 0 radical (unpaired) electrons. The summed E-state index contributed by atoms with van der Waals surface area (Å²) in [5, 5.41) is 0.396. The summed E-state index contributed by atoms with van der Waals surface area (Å²) >= 11 is 6.07. The van der Waals surface area contributed by atoms with Gasteiger partial charge >= 0.3 is 0 Å². The minimum absolute atomic E-state index is 0.0544. The highest BCUT2D eigenvalue weighted by Gasteiger charge is 2.24. The first kappa shape index (κ1) is 14.2. The number of halogens is 1. The Morgan fingerprint density at radius 1 is 1.38 bits per heavy atom. The highest BCUT2D eigenvalue weighted by Crippen LogP contribution is 2.40. The number of benzene rings is 1. The molecule has 3 rings (SSSR count). The van der Waals surface area contributed by atoms with Crippen molar-refractivity contribution in [1.29, 1.82) is 0 Å². The Kier molecular flexibility index (Phi) is 3.54. The molecule has 112 valence electrons. The number of nitrogens with zero attached hydrogens (tertiary/aromatic N) is 2. The van der Waals surface area contributed by atoms with E-state index in [9.17, 15) is 8.42 Å². The van der Waals surface area contributed by atoms with E-state index in [2.05, 4.69) is 4.98 Å². The number of aryl methyl sites for hydroxylation is 1. The lowest BCUT2D eigenvalue weighted by molar-refractivity contribution is 0.174. The van der Waals surface area contributed by atoms with Gasteiger partial charge in [-0.2, -0.15) is 0 Å².